The molecule has 0 aromatic rings. The molecule has 0 bridgehead atoms. The van der Waals surface area contributed by atoms with Gasteiger partial charge in [-0.1, -0.05) is 12.8 Å². The van der Waals surface area contributed by atoms with E-state index in [4.69, 9.17) is 15.2 Å². The second-order valence-electron chi connectivity index (χ2n) is 5.13. The molecule has 2 rings (SSSR count). The fourth-order valence-electron chi connectivity index (χ4n) is 2.75. The van der Waals surface area contributed by atoms with Gasteiger partial charge in [0.2, 0.25) is 0 Å². The number of ether oxygens (including phenoxy) is 2. The summed E-state index contributed by atoms with van der Waals surface area (Å²) in [4.78, 5) is 0. The maximum atomic E-state index is 6.03. The van der Waals surface area contributed by atoms with E-state index in [1.807, 2.05) is 0 Å². The van der Waals surface area contributed by atoms with Gasteiger partial charge in [-0.15, -0.1) is 0 Å². The molecule has 1 saturated heterocycles. The molecule has 94 valence electrons. The van der Waals surface area contributed by atoms with Crippen molar-refractivity contribution >= 4 is 0 Å². The SMILES string of the molecule is NC1CCCCC1OCCCC1CCCO1. The Morgan fingerprint density at radius 1 is 1.12 bits per heavy atom. The molecule has 3 heteroatoms. The van der Waals surface area contributed by atoms with Crippen LogP contribution < -0.4 is 5.73 Å². The summed E-state index contributed by atoms with van der Waals surface area (Å²) < 4.78 is 11.5. The Bertz CT molecular complexity index is 192. The van der Waals surface area contributed by atoms with Crippen LogP contribution in [0.4, 0.5) is 0 Å². The molecule has 3 unspecified atom stereocenters. The lowest BCUT2D eigenvalue weighted by Gasteiger charge is -2.28. The van der Waals surface area contributed by atoms with E-state index in [1.54, 1.807) is 0 Å². The molecule has 1 aliphatic carbocycles. The Balaban J connectivity index is 1.53. The average Bonchev–Trinajstić information content (AvgIpc) is 2.79. The lowest BCUT2D eigenvalue weighted by molar-refractivity contribution is 0.00724. The van der Waals surface area contributed by atoms with E-state index in [-0.39, 0.29) is 6.04 Å². The zero-order valence-corrected chi connectivity index (χ0v) is 10.2. The summed E-state index contributed by atoms with van der Waals surface area (Å²) in [7, 11) is 0. The summed E-state index contributed by atoms with van der Waals surface area (Å²) in [6.07, 6.45) is 10.4. The molecule has 0 aromatic heterocycles. The van der Waals surface area contributed by atoms with E-state index in [9.17, 15) is 0 Å². The van der Waals surface area contributed by atoms with Gasteiger partial charge in [-0.05, 0) is 38.5 Å². The molecule has 16 heavy (non-hydrogen) atoms. The predicted octanol–water partition coefficient (Wildman–Crippen LogP) is 2.23. The van der Waals surface area contributed by atoms with E-state index in [2.05, 4.69) is 0 Å². The first-order chi connectivity index (χ1) is 7.86. The second-order valence-corrected chi connectivity index (χ2v) is 5.13. The molecule has 0 radical (unpaired) electrons. The van der Waals surface area contributed by atoms with Crippen LogP contribution in [0, 0.1) is 0 Å². The highest BCUT2D eigenvalue weighted by atomic mass is 16.5. The van der Waals surface area contributed by atoms with Crippen molar-refractivity contribution in [2.45, 2.75) is 69.6 Å². The lowest BCUT2D eigenvalue weighted by Crippen LogP contribution is -2.39. The predicted molar refractivity (Wildman–Crippen MR) is 64.4 cm³/mol. The number of hydrogen-bond donors (Lipinski definition) is 1. The Morgan fingerprint density at radius 3 is 2.75 bits per heavy atom. The maximum Gasteiger partial charge on any atom is 0.0725 e. The molecule has 2 fully saturated rings. The molecule has 0 amide bonds. The Hall–Kier alpha value is -0.120. The molecule has 2 aliphatic rings. The van der Waals surface area contributed by atoms with Crippen molar-refractivity contribution in [2.75, 3.05) is 13.2 Å². The smallest absolute Gasteiger partial charge is 0.0725 e. The van der Waals surface area contributed by atoms with E-state index in [0.29, 0.717) is 12.2 Å². The summed E-state index contributed by atoms with van der Waals surface area (Å²) in [5.74, 6) is 0. The quantitative estimate of drug-likeness (QED) is 0.733. The van der Waals surface area contributed by atoms with Gasteiger partial charge in [0.1, 0.15) is 0 Å². The fraction of sp³-hybridized carbons (Fsp3) is 1.00. The van der Waals surface area contributed by atoms with Crippen LogP contribution in [0.25, 0.3) is 0 Å². The molecule has 0 spiro atoms. The van der Waals surface area contributed by atoms with E-state index in [1.165, 1.54) is 25.7 Å². The van der Waals surface area contributed by atoms with Crippen molar-refractivity contribution in [3.8, 4) is 0 Å². The van der Waals surface area contributed by atoms with Crippen LogP contribution in [0.2, 0.25) is 0 Å². The first-order valence-corrected chi connectivity index (χ1v) is 6.85. The van der Waals surface area contributed by atoms with Gasteiger partial charge in [-0.3, -0.25) is 0 Å². The third-order valence-corrected chi connectivity index (χ3v) is 3.78. The lowest BCUT2D eigenvalue weighted by atomic mass is 9.93. The van der Waals surface area contributed by atoms with Crippen LogP contribution in [0.3, 0.4) is 0 Å². The number of hydrogen-bond acceptors (Lipinski definition) is 3. The molecule has 0 aromatic carbocycles. The minimum Gasteiger partial charge on any atom is -0.378 e. The normalized spacial score (nSPS) is 35.4. The Labute approximate surface area is 98.7 Å². The van der Waals surface area contributed by atoms with Crippen molar-refractivity contribution in [3.63, 3.8) is 0 Å². The van der Waals surface area contributed by atoms with Crippen molar-refractivity contribution in [1.29, 1.82) is 0 Å². The Morgan fingerprint density at radius 2 is 2.00 bits per heavy atom. The third kappa shape index (κ3) is 3.72. The molecular weight excluding hydrogens is 202 g/mol. The van der Waals surface area contributed by atoms with E-state index in [0.717, 1.165) is 38.9 Å². The van der Waals surface area contributed by atoms with Crippen molar-refractivity contribution < 1.29 is 9.47 Å². The van der Waals surface area contributed by atoms with Gasteiger partial charge in [0, 0.05) is 19.3 Å². The molecule has 1 saturated carbocycles. The van der Waals surface area contributed by atoms with Gasteiger partial charge in [0.25, 0.3) is 0 Å². The van der Waals surface area contributed by atoms with Crippen LogP contribution >= 0.6 is 0 Å². The summed E-state index contributed by atoms with van der Waals surface area (Å²) in [5, 5.41) is 0. The fourth-order valence-corrected chi connectivity index (χ4v) is 2.75. The van der Waals surface area contributed by atoms with Crippen molar-refractivity contribution in [3.05, 3.63) is 0 Å². The minimum atomic E-state index is 0.275. The molecule has 3 nitrogen and oxygen atoms in total. The first-order valence-electron chi connectivity index (χ1n) is 6.85. The Kier molecular flexibility index (Phi) is 5.07. The van der Waals surface area contributed by atoms with Gasteiger partial charge < -0.3 is 15.2 Å². The topological polar surface area (TPSA) is 44.5 Å². The summed E-state index contributed by atoms with van der Waals surface area (Å²) >= 11 is 0. The average molecular weight is 227 g/mol. The van der Waals surface area contributed by atoms with Gasteiger partial charge in [-0.2, -0.15) is 0 Å². The van der Waals surface area contributed by atoms with Gasteiger partial charge in [0.05, 0.1) is 12.2 Å². The highest BCUT2D eigenvalue weighted by Crippen LogP contribution is 2.21. The van der Waals surface area contributed by atoms with Gasteiger partial charge in [0.15, 0.2) is 0 Å². The van der Waals surface area contributed by atoms with Gasteiger partial charge >= 0.3 is 0 Å². The number of rotatable bonds is 5. The molecular formula is C13H25NO2. The van der Waals surface area contributed by atoms with Crippen molar-refractivity contribution in [2.24, 2.45) is 5.73 Å². The van der Waals surface area contributed by atoms with Crippen LogP contribution in [-0.2, 0) is 9.47 Å². The highest BCUT2D eigenvalue weighted by molar-refractivity contribution is 4.78. The zero-order valence-electron chi connectivity index (χ0n) is 10.2. The maximum absolute atomic E-state index is 6.03. The molecule has 1 aliphatic heterocycles. The largest absolute Gasteiger partial charge is 0.378 e. The summed E-state index contributed by atoms with van der Waals surface area (Å²) in [5.41, 5.74) is 6.03. The van der Waals surface area contributed by atoms with Crippen LogP contribution in [0.1, 0.15) is 51.4 Å². The molecule has 1 heterocycles. The monoisotopic (exact) mass is 227 g/mol. The van der Waals surface area contributed by atoms with Crippen LogP contribution in [-0.4, -0.2) is 31.5 Å². The molecule has 2 N–H and O–H groups in total. The van der Waals surface area contributed by atoms with Gasteiger partial charge in [-0.25, -0.2) is 0 Å². The second kappa shape index (κ2) is 6.58. The zero-order chi connectivity index (χ0) is 11.2. The van der Waals surface area contributed by atoms with Crippen molar-refractivity contribution in [1.82, 2.24) is 0 Å². The van der Waals surface area contributed by atoms with E-state index < -0.39 is 0 Å². The molecule has 3 atom stereocenters. The summed E-state index contributed by atoms with van der Waals surface area (Å²) in [6.45, 7) is 1.82. The first kappa shape index (κ1) is 12.3. The van der Waals surface area contributed by atoms with Crippen LogP contribution in [0.5, 0.6) is 0 Å². The number of nitrogens with two attached hydrogens (primary N) is 1. The summed E-state index contributed by atoms with van der Waals surface area (Å²) in [6, 6.07) is 0.275. The standard InChI is InChI=1S/C13H25NO2/c14-12-7-1-2-8-13(12)16-10-4-6-11-5-3-9-15-11/h11-13H,1-10,14H2. The third-order valence-electron chi connectivity index (χ3n) is 3.78. The highest BCUT2D eigenvalue weighted by Gasteiger charge is 2.22. The minimum absolute atomic E-state index is 0.275. The van der Waals surface area contributed by atoms with Crippen LogP contribution in [0.15, 0.2) is 0 Å². The van der Waals surface area contributed by atoms with E-state index >= 15 is 0 Å².